The van der Waals surface area contributed by atoms with Gasteiger partial charge in [0.15, 0.2) is 0 Å². The molecule has 1 aliphatic heterocycles. The third-order valence-corrected chi connectivity index (χ3v) is 4.85. The average molecular weight is 295 g/mol. The molecular formula is C18H22BNO2. The zero-order valence-electron chi connectivity index (χ0n) is 13.1. The lowest BCUT2D eigenvalue weighted by Crippen LogP contribution is -2.50. The number of amides is 1. The number of likely N-dealkylation sites (tertiary alicyclic amines) is 1. The van der Waals surface area contributed by atoms with Crippen molar-refractivity contribution in [2.45, 2.75) is 44.3 Å². The first-order chi connectivity index (χ1) is 10.6. The van der Waals surface area contributed by atoms with Crippen molar-refractivity contribution < 1.29 is 9.59 Å². The molecule has 1 amide bonds. The van der Waals surface area contributed by atoms with Gasteiger partial charge in [0.25, 0.3) is 0 Å². The highest BCUT2D eigenvalue weighted by atomic mass is 16.2. The number of aldehydes is 1. The second-order valence-corrected chi connectivity index (χ2v) is 6.70. The van der Waals surface area contributed by atoms with Crippen LogP contribution in [0.15, 0.2) is 18.2 Å². The Hall–Kier alpha value is -1.58. The van der Waals surface area contributed by atoms with Crippen molar-refractivity contribution in [3.63, 3.8) is 0 Å². The Bertz CT molecular complexity index is 580. The molecule has 2 aliphatic rings. The summed E-state index contributed by atoms with van der Waals surface area (Å²) >= 11 is 0. The fraction of sp³-hybridized carbons (Fsp3) is 0.556. The summed E-state index contributed by atoms with van der Waals surface area (Å²) in [7, 11) is 5.88. The summed E-state index contributed by atoms with van der Waals surface area (Å²) in [6, 6.07) is 6.18. The lowest BCUT2D eigenvalue weighted by atomic mass is 9.88. The molecule has 1 heterocycles. The topological polar surface area (TPSA) is 37.4 Å². The molecule has 22 heavy (non-hydrogen) atoms. The standard InChI is InChI=1S/C18H22BNO2/c1-2-3-18(22)20-9-12(10-20)6-13-4-5-14(7-15(13)11-21)16-8-17(16)19/h4-5,7,11-12,16-17H,2-3,6,8-10H2,1H3. The molecule has 1 saturated carbocycles. The van der Waals surface area contributed by atoms with Crippen molar-refractivity contribution in [2.24, 2.45) is 5.92 Å². The molecular weight excluding hydrogens is 273 g/mol. The first-order valence-electron chi connectivity index (χ1n) is 8.23. The molecule has 114 valence electrons. The minimum atomic E-state index is 0.257. The van der Waals surface area contributed by atoms with Crippen LogP contribution < -0.4 is 0 Å². The summed E-state index contributed by atoms with van der Waals surface area (Å²) < 4.78 is 0. The first-order valence-corrected chi connectivity index (χ1v) is 8.23. The van der Waals surface area contributed by atoms with Crippen molar-refractivity contribution in [2.75, 3.05) is 13.1 Å². The van der Waals surface area contributed by atoms with Crippen molar-refractivity contribution in [3.05, 3.63) is 34.9 Å². The highest BCUT2D eigenvalue weighted by Crippen LogP contribution is 2.50. The molecule has 0 N–H and O–H groups in total. The van der Waals surface area contributed by atoms with E-state index in [1.165, 1.54) is 5.56 Å². The molecule has 1 saturated heterocycles. The lowest BCUT2D eigenvalue weighted by molar-refractivity contribution is -0.137. The molecule has 2 unspecified atom stereocenters. The Morgan fingerprint density at radius 1 is 1.41 bits per heavy atom. The molecule has 1 aromatic rings. The predicted octanol–water partition coefficient (Wildman–Crippen LogP) is 2.74. The van der Waals surface area contributed by atoms with E-state index in [0.29, 0.717) is 18.3 Å². The number of carbonyl (C=O) groups excluding carboxylic acids is 2. The Labute approximate surface area is 133 Å². The molecule has 3 rings (SSSR count). The zero-order valence-corrected chi connectivity index (χ0v) is 13.1. The van der Waals surface area contributed by atoms with Gasteiger partial charge in [-0.05, 0) is 41.9 Å². The van der Waals surface area contributed by atoms with Gasteiger partial charge in [-0.1, -0.05) is 31.3 Å². The van der Waals surface area contributed by atoms with Crippen LogP contribution in [-0.4, -0.2) is 38.0 Å². The molecule has 1 aliphatic carbocycles. The van der Waals surface area contributed by atoms with Gasteiger partial charge >= 0.3 is 0 Å². The molecule has 0 bridgehead atoms. The van der Waals surface area contributed by atoms with Gasteiger partial charge in [-0.25, -0.2) is 0 Å². The van der Waals surface area contributed by atoms with Crippen LogP contribution in [0.4, 0.5) is 0 Å². The van der Waals surface area contributed by atoms with Crippen LogP contribution in [0.5, 0.6) is 0 Å². The van der Waals surface area contributed by atoms with E-state index in [2.05, 4.69) is 12.1 Å². The monoisotopic (exact) mass is 295 g/mol. The molecule has 2 atom stereocenters. The van der Waals surface area contributed by atoms with Gasteiger partial charge in [0.1, 0.15) is 6.29 Å². The van der Waals surface area contributed by atoms with Crippen LogP contribution in [0, 0.1) is 5.92 Å². The number of benzene rings is 1. The number of hydrogen-bond donors (Lipinski definition) is 0. The molecule has 2 radical (unpaired) electrons. The van der Waals surface area contributed by atoms with Gasteiger partial charge < -0.3 is 4.90 Å². The van der Waals surface area contributed by atoms with Gasteiger partial charge in [0, 0.05) is 25.1 Å². The highest BCUT2D eigenvalue weighted by molar-refractivity contribution is 6.14. The summed E-state index contributed by atoms with van der Waals surface area (Å²) in [6.45, 7) is 3.68. The summed E-state index contributed by atoms with van der Waals surface area (Å²) in [6.07, 6.45) is 4.39. The van der Waals surface area contributed by atoms with Crippen LogP contribution in [0.25, 0.3) is 0 Å². The van der Waals surface area contributed by atoms with E-state index in [4.69, 9.17) is 7.85 Å². The van der Waals surface area contributed by atoms with Crippen molar-refractivity contribution >= 4 is 20.0 Å². The van der Waals surface area contributed by atoms with Gasteiger partial charge in [-0.2, -0.15) is 0 Å². The largest absolute Gasteiger partial charge is 0.342 e. The SMILES string of the molecule is [B]C1CC1c1ccc(CC2CN(C(=O)CCC)C2)c(C=O)c1. The Balaban J connectivity index is 1.59. The van der Waals surface area contributed by atoms with Gasteiger partial charge in [0.2, 0.25) is 5.91 Å². The van der Waals surface area contributed by atoms with Crippen LogP contribution in [-0.2, 0) is 11.2 Å². The van der Waals surface area contributed by atoms with Crippen molar-refractivity contribution in [3.8, 4) is 0 Å². The second kappa shape index (κ2) is 6.27. The highest BCUT2D eigenvalue weighted by Gasteiger charge is 2.34. The number of nitrogens with zero attached hydrogens (tertiary/aromatic N) is 1. The van der Waals surface area contributed by atoms with Crippen LogP contribution >= 0.6 is 0 Å². The maximum absolute atomic E-state index is 11.8. The smallest absolute Gasteiger partial charge is 0.222 e. The second-order valence-electron chi connectivity index (χ2n) is 6.70. The molecule has 3 nitrogen and oxygen atoms in total. The van der Waals surface area contributed by atoms with Crippen LogP contribution in [0.1, 0.15) is 53.6 Å². The fourth-order valence-electron chi connectivity index (χ4n) is 3.32. The van der Waals surface area contributed by atoms with Gasteiger partial charge in [0.05, 0.1) is 7.85 Å². The van der Waals surface area contributed by atoms with E-state index in [-0.39, 0.29) is 11.7 Å². The van der Waals surface area contributed by atoms with E-state index < -0.39 is 0 Å². The van der Waals surface area contributed by atoms with Crippen molar-refractivity contribution in [1.82, 2.24) is 4.90 Å². The quantitative estimate of drug-likeness (QED) is 0.598. The number of carbonyl (C=O) groups is 2. The Kier molecular flexibility index (Phi) is 4.37. The summed E-state index contributed by atoms with van der Waals surface area (Å²) in [5, 5.41) is 0. The van der Waals surface area contributed by atoms with E-state index in [1.807, 2.05) is 17.9 Å². The third-order valence-electron chi connectivity index (χ3n) is 4.85. The maximum atomic E-state index is 11.8. The van der Waals surface area contributed by atoms with Crippen LogP contribution in [0.2, 0.25) is 5.82 Å². The van der Waals surface area contributed by atoms with Gasteiger partial charge in [-0.3, -0.25) is 9.59 Å². The molecule has 2 fully saturated rings. The molecule has 0 aromatic heterocycles. The first kappa shape index (κ1) is 15.3. The fourth-order valence-corrected chi connectivity index (χ4v) is 3.32. The Morgan fingerprint density at radius 3 is 2.73 bits per heavy atom. The predicted molar refractivity (Wildman–Crippen MR) is 87.4 cm³/mol. The normalized spacial score (nSPS) is 24.0. The zero-order chi connectivity index (χ0) is 15.7. The summed E-state index contributed by atoms with van der Waals surface area (Å²) in [4.78, 5) is 25.0. The minimum Gasteiger partial charge on any atom is -0.342 e. The van der Waals surface area contributed by atoms with E-state index in [9.17, 15) is 9.59 Å². The summed E-state index contributed by atoms with van der Waals surface area (Å²) in [5.74, 6) is 1.43. The third kappa shape index (κ3) is 3.11. The summed E-state index contributed by atoms with van der Waals surface area (Å²) in [5.41, 5.74) is 3.07. The minimum absolute atomic E-state index is 0.257. The average Bonchev–Trinajstić information content (AvgIpc) is 3.19. The molecule has 1 aromatic carbocycles. The van der Waals surface area contributed by atoms with E-state index in [1.54, 1.807) is 0 Å². The maximum Gasteiger partial charge on any atom is 0.222 e. The molecule has 0 spiro atoms. The Morgan fingerprint density at radius 2 is 2.14 bits per heavy atom. The van der Waals surface area contributed by atoms with Gasteiger partial charge in [-0.15, -0.1) is 0 Å². The van der Waals surface area contributed by atoms with Crippen LogP contribution in [0.3, 0.4) is 0 Å². The van der Waals surface area contributed by atoms with E-state index >= 15 is 0 Å². The molecule has 4 heteroatoms. The number of rotatable bonds is 6. The van der Waals surface area contributed by atoms with E-state index in [0.717, 1.165) is 49.8 Å². The van der Waals surface area contributed by atoms with Crippen molar-refractivity contribution in [1.29, 1.82) is 0 Å². The lowest BCUT2D eigenvalue weighted by Gasteiger charge is -2.39. The number of hydrogen-bond acceptors (Lipinski definition) is 2.